The van der Waals surface area contributed by atoms with Crippen molar-refractivity contribution in [2.24, 2.45) is 5.92 Å². The second-order valence-electron chi connectivity index (χ2n) is 4.88. The first-order chi connectivity index (χ1) is 9.91. The second kappa shape index (κ2) is 8.15. The number of nitrogens with one attached hydrogen (secondary N) is 1. The van der Waals surface area contributed by atoms with Crippen LogP contribution >= 0.6 is 0 Å². The summed E-state index contributed by atoms with van der Waals surface area (Å²) in [5, 5.41) is 22.5. The maximum Gasteiger partial charge on any atom is 0.354 e. The fourth-order valence-corrected chi connectivity index (χ4v) is 1.55. The molecule has 0 saturated heterocycles. The topological polar surface area (TPSA) is 115 Å². The molecule has 0 unspecified atom stereocenters. The summed E-state index contributed by atoms with van der Waals surface area (Å²) in [6, 6.07) is 2.24. The van der Waals surface area contributed by atoms with Crippen LogP contribution in [0.4, 0.5) is 11.5 Å². The van der Waals surface area contributed by atoms with E-state index in [0.717, 1.165) is 12.1 Å². The average Bonchev–Trinajstić information content (AvgIpc) is 2.41. The van der Waals surface area contributed by atoms with E-state index in [9.17, 15) is 14.9 Å². The smallest absolute Gasteiger partial charge is 0.354 e. The lowest BCUT2D eigenvalue weighted by Crippen LogP contribution is -2.12. The van der Waals surface area contributed by atoms with Crippen LogP contribution in [0.15, 0.2) is 12.1 Å². The first kappa shape index (κ1) is 16.8. The number of nitro groups is 1. The van der Waals surface area contributed by atoms with Gasteiger partial charge in [0.15, 0.2) is 5.69 Å². The van der Waals surface area contributed by atoms with E-state index in [-0.39, 0.29) is 17.2 Å². The normalized spacial score (nSPS) is 10.6. The van der Waals surface area contributed by atoms with Crippen LogP contribution in [0.2, 0.25) is 0 Å². The van der Waals surface area contributed by atoms with Crippen molar-refractivity contribution < 1.29 is 19.6 Å². The monoisotopic (exact) mass is 297 g/mol. The maximum absolute atomic E-state index is 10.9. The Morgan fingerprint density at radius 1 is 1.52 bits per heavy atom. The van der Waals surface area contributed by atoms with Crippen LogP contribution in [0.5, 0.6) is 0 Å². The fourth-order valence-electron chi connectivity index (χ4n) is 1.55. The van der Waals surface area contributed by atoms with E-state index < -0.39 is 10.9 Å². The Hall–Kier alpha value is -2.22. The molecule has 0 aliphatic rings. The quantitative estimate of drug-likeness (QED) is 0.407. The first-order valence-corrected chi connectivity index (χ1v) is 6.62. The molecule has 0 aliphatic carbocycles. The SMILES string of the molecule is CC(C)COCCCNc1nc(C(=O)O)ccc1[N+](=O)[O-]. The summed E-state index contributed by atoms with van der Waals surface area (Å²) in [5.74, 6) is -0.815. The zero-order valence-electron chi connectivity index (χ0n) is 12.0. The van der Waals surface area contributed by atoms with Crippen molar-refractivity contribution >= 4 is 17.5 Å². The number of hydrogen-bond acceptors (Lipinski definition) is 6. The van der Waals surface area contributed by atoms with Gasteiger partial charge >= 0.3 is 11.7 Å². The van der Waals surface area contributed by atoms with Crippen molar-refractivity contribution in [2.45, 2.75) is 20.3 Å². The van der Waals surface area contributed by atoms with Crippen molar-refractivity contribution in [3.05, 3.63) is 27.9 Å². The number of carbonyl (C=O) groups is 1. The Balaban J connectivity index is 2.57. The van der Waals surface area contributed by atoms with Crippen molar-refractivity contribution in [2.75, 3.05) is 25.1 Å². The van der Waals surface area contributed by atoms with Gasteiger partial charge in [-0.3, -0.25) is 10.1 Å². The van der Waals surface area contributed by atoms with Gasteiger partial charge in [0.05, 0.1) is 4.92 Å². The Labute approximate surface area is 122 Å². The minimum absolute atomic E-state index is 0.0382. The third-order valence-electron chi connectivity index (χ3n) is 2.50. The minimum Gasteiger partial charge on any atom is -0.477 e. The number of anilines is 1. The van der Waals surface area contributed by atoms with Crippen LogP contribution in [0.1, 0.15) is 30.8 Å². The number of nitrogens with zero attached hydrogens (tertiary/aromatic N) is 2. The van der Waals surface area contributed by atoms with E-state index in [0.29, 0.717) is 32.1 Å². The molecule has 0 aromatic carbocycles. The summed E-state index contributed by atoms with van der Waals surface area (Å²) in [4.78, 5) is 24.8. The highest BCUT2D eigenvalue weighted by atomic mass is 16.6. The molecule has 2 N–H and O–H groups in total. The van der Waals surface area contributed by atoms with Crippen molar-refractivity contribution in [3.63, 3.8) is 0 Å². The number of pyridine rings is 1. The standard InChI is InChI=1S/C13H19N3O5/c1-9(2)8-21-7-3-6-14-12-11(16(19)20)5-4-10(15-12)13(17)18/h4-5,9H,3,6-8H2,1-2H3,(H,14,15)(H,17,18). The summed E-state index contributed by atoms with van der Waals surface area (Å²) >= 11 is 0. The lowest BCUT2D eigenvalue weighted by Gasteiger charge is -2.08. The highest BCUT2D eigenvalue weighted by Gasteiger charge is 2.17. The average molecular weight is 297 g/mol. The lowest BCUT2D eigenvalue weighted by atomic mass is 10.2. The molecule has 116 valence electrons. The van der Waals surface area contributed by atoms with Gasteiger partial charge in [-0.2, -0.15) is 0 Å². The number of carboxylic acids is 1. The summed E-state index contributed by atoms with van der Waals surface area (Å²) < 4.78 is 5.38. The van der Waals surface area contributed by atoms with Gasteiger partial charge in [-0.25, -0.2) is 9.78 Å². The van der Waals surface area contributed by atoms with Gasteiger partial charge in [0, 0.05) is 25.8 Å². The van der Waals surface area contributed by atoms with E-state index in [2.05, 4.69) is 10.3 Å². The van der Waals surface area contributed by atoms with Gasteiger partial charge in [-0.15, -0.1) is 0 Å². The molecule has 0 bridgehead atoms. The first-order valence-electron chi connectivity index (χ1n) is 6.62. The number of ether oxygens (including phenoxy) is 1. The van der Waals surface area contributed by atoms with E-state index in [4.69, 9.17) is 9.84 Å². The molecule has 0 atom stereocenters. The summed E-state index contributed by atoms with van der Waals surface area (Å²) in [6.07, 6.45) is 0.642. The third kappa shape index (κ3) is 5.74. The molecule has 0 fully saturated rings. The largest absolute Gasteiger partial charge is 0.477 e. The molecule has 1 rings (SSSR count). The number of aromatic carboxylic acids is 1. The van der Waals surface area contributed by atoms with Crippen molar-refractivity contribution in [1.29, 1.82) is 0 Å². The van der Waals surface area contributed by atoms with E-state index in [1.807, 2.05) is 13.8 Å². The molecular weight excluding hydrogens is 278 g/mol. The minimum atomic E-state index is -1.23. The highest BCUT2D eigenvalue weighted by Crippen LogP contribution is 2.22. The molecule has 8 heteroatoms. The van der Waals surface area contributed by atoms with Crippen LogP contribution in [0, 0.1) is 16.0 Å². The molecule has 21 heavy (non-hydrogen) atoms. The van der Waals surface area contributed by atoms with Gasteiger partial charge < -0.3 is 15.2 Å². The number of hydrogen-bond donors (Lipinski definition) is 2. The Morgan fingerprint density at radius 2 is 2.24 bits per heavy atom. The molecule has 1 aromatic rings. The van der Waals surface area contributed by atoms with Gasteiger partial charge in [0.25, 0.3) is 0 Å². The van der Waals surface area contributed by atoms with Crippen molar-refractivity contribution in [3.8, 4) is 0 Å². The van der Waals surface area contributed by atoms with Gasteiger partial charge in [-0.1, -0.05) is 13.8 Å². The number of aromatic nitrogens is 1. The fraction of sp³-hybridized carbons (Fsp3) is 0.538. The highest BCUT2D eigenvalue weighted by molar-refractivity contribution is 5.86. The maximum atomic E-state index is 10.9. The number of rotatable bonds is 9. The Kier molecular flexibility index (Phi) is 6.54. The molecule has 8 nitrogen and oxygen atoms in total. The predicted molar refractivity (Wildman–Crippen MR) is 76.6 cm³/mol. The van der Waals surface area contributed by atoms with Gasteiger partial charge in [0.1, 0.15) is 0 Å². The zero-order chi connectivity index (χ0) is 15.8. The molecule has 0 amide bonds. The van der Waals surface area contributed by atoms with E-state index >= 15 is 0 Å². The van der Waals surface area contributed by atoms with E-state index in [1.54, 1.807) is 0 Å². The third-order valence-corrected chi connectivity index (χ3v) is 2.50. The van der Waals surface area contributed by atoms with Gasteiger partial charge in [0.2, 0.25) is 5.82 Å². The van der Waals surface area contributed by atoms with Crippen molar-refractivity contribution in [1.82, 2.24) is 4.98 Å². The summed E-state index contributed by atoms with van der Waals surface area (Å²) in [7, 11) is 0. The molecule has 0 aliphatic heterocycles. The Morgan fingerprint density at radius 3 is 2.81 bits per heavy atom. The van der Waals surface area contributed by atoms with Crippen LogP contribution in [0.3, 0.4) is 0 Å². The molecule has 0 saturated carbocycles. The summed E-state index contributed by atoms with van der Waals surface area (Å²) in [5.41, 5.74) is -0.484. The van der Waals surface area contributed by atoms with Crippen LogP contribution in [0.25, 0.3) is 0 Å². The predicted octanol–water partition coefficient (Wildman–Crippen LogP) is 2.16. The van der Waals surface area contributed by atoms with E-state index in [1.165, 1.54) is 0 Å². The molecule has 0 radical (unpaired) electrons. The lowest BCUT2D eigenvalue weighted by molar-refractivity contribution is -0.384. The second-order valence-corrected chi connectivity index (χ2v) is 4.88. The summed E-state index contributed by atoms with van der Waals surface area (Å²) in [6.45, 7) is 5.69. The van der Waals surface area contributed by atoms with Gasteiger partial charge in [-0.05, 0) is 18.4 Å². The number of carboxylic acid groups (broad SMARTS) is 1. The van der Waals surface area contributed by atoms with Crippen LogP contribution < -0.4 is 5.32 Å². The Bertz CT molecular complexity index is 505. The van der Waals surface area contributed by atoms with Crippen LogP contribution in [-0.2, 0) is 4.74 Å². The molecule has 1 heterocycles. The van der Waals surface area contributed by atoms with Crippen LogP contribution in [-0.4, -0.2) is 40.7 Å². The molecule has 1 aromatic heterocycles. The zero-order valence-corrected chi connectivity index (χ0v) is 12.0. The molecular formula is C13H19N3O5. The molecule has 0 spiro atoms.